The SMILES string of the molecule is Cc1csc(CC(O)c2ccco2)n1. The van der Waals surface area contributed by atoms with Gasteiger partial charge in [-0.1, -0.05) is 0 Å². The molecule has 14 heavy (non-hydrogen) atoms. The average Bonchev–Trinajstić information content (AvgIpc) is 2.75. The van der Waals surface area contributed by atoms with E-state index in [1.54, 1.807) is 29.7 Å². The van der Waals surface area contributed by atoms with Crippen LogP contribution in [0.2, 0.25) is 0 Å². The molecule has 0 saturated heterocycles. The Morgan fingerprint density at radius 2 is 2.50 bits per heavy atom. The highest BCUT2D eigenvalue weighted by Crippen LogP contribution is 2.20. The van der Waals surface area contributed by atoms with E-state index in [-0.39, 0.29) is 0 Å². The van der Waals surface area contributed by atoms with Gasteiger partial charge in [-0.15, -0.1) is 11.3 Å². The summed E-state index contributed by atoms with van der Waals surface area (Å²) in [7, 11) is 0. The first kappa shape index (κ1) is 9.43. The van der Waals surface area contributed by atoms with Crippen LogP contribution in [0.4, 0.5) is 0 Å². The van der Waals surface area contributed by atoms with Crippen LogP contribution in [0.3, 0.4) is 0 Å². The minimum atomic E-state index is -0.587. The molecule has 0 aliphatic carbocycles. The molecule has 0 aliphatic rings. The molecule has 1 atom stereocenters. The third-order valence-electron chi connectivity index (χ3n) is 1.91. The average molecular weight is 209 g/mol. The summed E-state index contributed by atoms with van der Waals surface area (Å²) in [6.07, 6.45) is 1.49. The van der Waals surface area contributed by atoms with Crippen molar-refractivity contribution in [1.82, 2.24) is 4.98 Å². The predicted octanol–water partition coefficient (Wildman–Crippen LogP) is 2.32. The molecule has 0 bridgehead atoms. The standard InChI is InChI=1S/C10H11NO2S/c1-7-6-14-10(11-7)5-8(12)9-3-2-4-13-9/h2-4,6,8,12H,5H2,1H3. The van der Waals surface area contributed by atoms with Crippen molar-refractivity contribution in [3.63, 3.8) is 0 Å². The lowest BCUT2D eigenvalue weighted by Gasteiger charge is -2.03. The van der Waals surface area contributed by atoms with Gasteiger partial charge in [0.1, 0.15) is 11.9 Å². The second kappa shape index (κ2) is 3.94. The maximum atomic E-state index is 9.75. The Bertz CT molecular complexity index is 394. The molecule has 2 aromatic heterocycles. The van der Waals surface area contributed by atoms with Crippen LogP contribution in [0.15, 0.2) is 28.2 Å². The second-order valence-corrected chi connectivity index (χ2v) is 4.06. The van der Waals surface area contributed by atoms with Gasteiger partial charge >= 0.3 is 0 Å². The second-order valence-electron chi connectivity index (χ2n) is 3.12. The van der Waals surface area contributed by atoms with E-state index < -0.39 is 6.10 Å². The fraction of sp³-hybridized carbons (Fsp3) is 0.300. The van der Waals surface area contributed by atoms with Crippen LogP contribution < -0.4 is 0 Å². The van der Waals surface area contributed by atoms with E-state index in [0.29, 0.717) is 12.2 Å². The quantitative estimate of drug-likeness (QED) is 0.843. The fourth-order valence-electron chi connectivity index (χ4n) is 1.24. The van der Waals surface area contributed by atoms with E-state index in [4.69, 9.17) is 4.42 Å². The molecule has 2 aromatic rings. The summed E-state index contributed by atoms with van der Waals surface area (Å²) in [5.41, 5.74) is 0.997. The summed E-state index contributed by atoms with van der Waals surface area (Å²) in [6.45, 7) is 1.94. The molecular weight excluding hydrogens is 198 g/mol. The van der Waals surface area contributed by atoms with Crippen LogP contribution in [-0.2, 0) is 6.42 Å². The summed E-state index contributed by atoms with van der Waals surface area (Å²) in [4.78, 5) is 4.28. The molecule has 2 rings (SSSR count). The molecule has 74 valence electrons. The molecule has 0 aliphatic heterocycles. The Hall–Kier alpha value is -1.13. The fourth-order valence-corrected chi connectivity index (χ4v) is 2.05. The van der Waals surface area contributed by atoms with E-state index in [9.17, 15) is 5.11 Å². The number of aliphatic hydroxyl groups is 1. The van der Waals surface area contributed by atoms with Gasteiger partial charge in [0, 0.05) is 17.5 Å². The topological polar surface area (TPSA) is 46.3 Å². The number of aliphatic hydroxyl groups excluding tert-OH is 1. The van der Waals surface area contributed by atoms with Gasteiger partial charge in [0.15, 0.2) is 0 Å². The monoisotopic (exact) mass is 209 g/mol. The van der Waals surface area contributed by atoms with E-state index in [1.165, 1.54) is 0 Å². The molecule has 0 fully saturated rings. The van der Waals surface area contributed by atoms with Crippen molar-refractivity contribution in [3.05, 3.63) is 40.2 Å². The van der Waals surface area contributed by atoms with Crippen LogP contribution in [-0.4, -0.2) is 10.1 Å². The molecule has 4 heteroatoms. The van der Waals surface area contributed by atoms with Gasteiger partial charge in [0.25, 0.3) is 0 Å². The molecule has 2 heterocycles. The van der Waals surface area contributed by atoms with E-state index >= 15 is 0 Å². The minimum Gasteiger partial charge on any atom is -0.467 e. The molecule has 0 amide bonds. The maximum Gasteiger partial charge on any atom is 0.132 e. The zero-order valence-corrected chi connectivity index (χ0v) is 8.62. The highest BCUT2D eigenvalue weighted by molar-refractivity contribution is 7.09. The van der Waals surface area contributed by atoms with Gasteiger partial charge < -0.3 is 9.52 Å². The molecule has 1 N–H and O–H groups in total. The largest absolute Gasteiger partial charge is 0.467 e. The molecule has 0 saturated carbocycles. The van der Waals surface area contributed by atoms with Crippen LogP contribution in [0.25, 0.3) is 0 Å². The minimum absolute atomic E-state index is 0.520. The highest BCUT2D eigenvalue weighted by atomic mass is 32.1. The van der Waals surface area contributed by atoms with Gasteiger partial charge in [-0.2, -0.15) is 0 Å². The number of rotatable bonds is 3. The van der Waals surface area contributed by atoms with Crippen LogP contribution in [0.1, 0.15) is 22.6 Å². The molecule has 0 aromatic carbocycles. The smallest absolute Gasteiger partial charge is 0.132 e. The van der Waals surface area contributed by atoms with E-state index in [2.05, 4.69) is 4.98 Å². The van der Waals surface area contributed by atoms with E-state index in [1.807, 2.05) is 12.3 Å². The molecular formula is C10H11NO2S. The summed E-state index contributed by atoms with van der Waals surface area (Å²) < 4.78 is 5.10. The zero-order chi connectivity index (χ0) is 9.97. The van der Waals surface area contributed by atoms with Crippen LogP contribution in [0, 0.1) is 6.92 Å². The number of furan rings is 1. The first-order valence-corrected chi connectivity index (χ1v) is 5.26. The molecule has 0 spiro atoms. The van der Waals surface area contributed by atoms with Crippen molar-refractivity contribution < 1.29 is 9.52 Å². The number of nitrogens with zero attached hydrogens (tertiary/aromatic N) is 1. The summed E-state index contributed by atoms with van der Waals surface area (Å²) in [6, 6.07) is 3.54. The third kappa shape index (κ3) is 2.02. The van der Waals surface area contributed by atoms with Gasteiger partial charge in [-0.3, -0.25) is 0 Å². The summed E-state index contributed by atoms with van der Waals surface area (Å²) in [5.74, 6) is 0.595. The molecule has 1 unspecified atom stereocenters. The number of hydrogen-bond donors (Lipinski definition) is 1. The Labute approximate surface area is 86.0 Å². The number of hydrogen-bond acceptors (Lipinski definition) is 4. The Kier molecular flexibility index (Phi) is 2.65. The van der Waals surface area contributed by atoms with Gasteiger partial charge in [-0.25, -0.2) is 4.98 Å². The van der Waals surface area contributed by atoms with Crippen molar-refractivity contribution in [2.45, 2.75) is 19.4 Å². The van der Waals surface area contributed by atoms with Crippen molar-refractivity contribution in [3.8, 4) is 0 Å². The van der Waals surface area contributed by atoms with Crippen molar-refractivity contribution in [2.24, 2.45) is 0 Å². The van der Waals surface area contributed by atoms with Crippen molar-refractivity contribution >= 4 is 11.3 Å². The first-order chi connectivity index (χ1) is 6.75. The Morgan fingerprint density at radius 1 is 1.64 bits per heavy atom. The van der Waals surface area contributed by atoms with Crippen LogP contribution >= 0.6 is 11.3 Å². The normalized spacial score (nSPS) is 13.0. The third-order valence-corrected chi connectivity index (χ3v) is 2.90. The predicted molar refractivity (Wildman–Crippen MR) is 54.2 cm³/mol. The number of thiazole rings is 1. The van der Waals surface area contributed by atoms with Crippen LogP contribution in [0.5, 0.6) is 0 Å². The summed E-state index contributed by atoms with van der Waals surface area (Å²) >= 11 is 1.56. The zero-order valence-electron chi connectivity index (χ0n) is 7.80. The number of aryl methyl sites for hydroxylation is 1. The van der Waals surface area contributed by atoms with Crippen molar-refractivity contribution in [1.29, 1.82) is 0 Å². The van der Waals surface area contributed by atoms with Crippen molar-refractivity contribution in [2.75, 3.05) is 0 Å². The summed E-state index contributed by atoms with van der Waals surface area (Å²) in [5, 5.41) is 12.7. The lowest BCUT2D eigenvalue weighted by Crippen LogP contribution is -1.99. The lowest BCUT2D eigenvalue weighted by molar-refractivity contribution is 0.150. The van der Waals surface area contributed by atoms with E-state index in [0.717, 1.165) is 10.7 Å². The number of aromatic nitrogens is 1. The Morgan fingerprint density at radius 3 is 3.07 bits per heavy atom. The Balaban J connectivity index is 2.05. The van der Waals surface area contributed by atoms with Gasteiger partial charge in [0.05, 0.1) is 11.3 Å². The highest BCUT2D eigenvalue weighted by Gasteiger charge is 2.12. The van der Waals surface area contributed by atoms with Gasteiger partial charge in [-0.05, 0) is 19.1 Å². The maximum absolute atomic E-state index is 9.75. The lowest BCUT2D eigenvalue weighted by atomic mass is 10.2. The molecule has 0 radical (unpaired) electrons. The molecule has 3 nitrogen and oxygen atoms in total. The van der Waals surface area contributed by atoms with Gasteiger partial charge in [0.2, 0.25) is 0 Å². The first-order valence-electron chi connectivity index (χ1n) is 4.38.